The predicted octanol–water partition coefficient (Wildman–Crippen LogP) is 1.06. The van der Waals surface area contributed by atoms with E-state index in [9.17, 15) is 14.4 Å². The molecule has 2 saturated heterocycles. The van der Waals surface area contributed by atoms with Gasteiger partial charge in [-0.15, -0.1) is 0 Å². The molecule has 8 nitrogen and oxygen atoms in total. The van der Waals surface area contributed by atoms with Gasteiger partial charge in [-0.05, 0) is 39.0 Å². The number of nitrogens with zero attached hydrogens (tertiary/aromatic N) is 3. The van der Waals surface area contributed by atoms with Crippen LogP contribution in [0.4, 0.5) is 4.79 Å². The van der Waals surface area contributed by atoms with Crippen LogP contribution < -0.4 is 5.32 Å². The monoisotopic (exact) mass is 382 g/mol. The molecule has 2 rings (SSSR count). The second-order valence-electron chi connectivity index (χ2n) is 7.46. The number of nitrogens with one attached hydrogen (secondary N) is 1. The summed E-state index contributed by atoms with van der Waals surface area (Å²) in [6.45, 7) is 6.73. The molecular formula is C19H34N4O4. The minimum Gasteiger partial charge on any atom is -0.469 e. The van der Waals surface area contributed by atoms with Crippen molar-refractivity contribution in [3.63, 3.8) is 0 Å². The zero-order chi connectivity index (χ0) is 19.6. The van der Waals surface area contributed by atoms with Gasteiger partial charge in [-0.25, -0.2) is 4.79 Å². The van der Waals surface area contributed by atoms with Crippen molar-refractivity contribution in [1.29, 1.82) is 0 Å². The van der Waals surface area contributed by atoms with Crippen LogP contribution in [0.1, 0.15) is 45.4 Å². The molecule has 0 aromatic rings. The average molecular weight is 383 g/mol. The quantitative estimate of drug-likeness (QED) is 0.526. The van der Waals surface area contributed by atoms with Gasteiger partial charge in [0.25, 0.3) is 0 Å². The predicted molar refractivity (Wildman–Crippen MR) is 102 cm³/mol. The van der Waals surface area contributed by atoms with Crippen molar-refractivity contribution in [3.05, 3.63) is 0 Å². The summed E-state index contributed by atoms with van der Waals surface area (Å²) < 4.78 is 4.59. The standard InChI is InChI=1S/C19H34N4O4/c1-16-7-4-6-10-23(16)17(24)15-21-11-13-22(14-12-21)19(26)20-9-5-3-8-18(25)27-2/h16H,3-15H2,1-2H3,(H,20,26). The molecule has 0 saturated carbocycles. The fraction of sp³-hybridized carbons (Fsp3) is 0.842. The molecule has 2 fully saturated rings. The van der Waals surface area contributed by atoms with E-state index < -0.39 is 0 Å². The summed E-state index contributed by atoms with van der Waals surface area (Å²) in [6.07, 6.45) is 5.25. The fourth-order valence-electron chi connectivity index (χ4n) is 3.66. The van der Waals surface area contributed by atoms with Crippen LogP contribution in [-0.4, -0.2) is 91.6 Å². The van der Waals surface area contributed by atoms with Gasteiger partial charge in [0.15, 0.2) is 0 Å². The largest absolute Gasteiger partial charge is 0.469 e. The smallest absolute Gasteiger partial charge is 0.317 e. The van der Waals surface area contributed by atoms with Crippen molar-refractivity contribution in [1.82, 2.24) is 20.0 Å². The topological polar surface area (TPSA) is 82.2 Å². The molecule has 2 aliphatic rings. The third kappa shape index (κ3) is 7.01. The maximum atomic E-state index is 12.5. The highest BCUT2D eigenvalue weighted by Crippen LogP contribution is 2.17. The number of rotatable bonds is 7. The van der Waals surface area contributed by atoms with E-state index in [1.54, 1.807) is 4.90 Å². The lowest BCUT2D eigenvalue weighted by Gasteiger charge is -2.38. The van der Waals surface area contributed by atoms with Crippen molar-refractivity contribution in [2.75, 3.05) is 52.9 Å². The highest BCUT2D eigenvalue weighted by Gasteiger charge is 2.27. The van der Waals surface area contributed by atoms with E-state index in [4.69, 9.17) is 0 Å². The van der Waals surface area contributed by atoms with E-state index in [2.05, 4.69) is 21.9 Å². The van der Waals surface area contributed by atoms with E-state index in [0.29, 0.717) is 45.1 Å². The Morgan fingerprint density at radius 3 is 2.44 bits per heavy atom. The Balaban J connectivity index is 1.61. The molecule has 0 aromatic carbocycles. The SMILES string of the molecule is COC(=O)CCCCNC(=O)N1CCN(CC(=O)N2CCCCC2C)CC1. The number of likely N-dealkylation sites (tertiary alicyclic amines) is 1. The van der Waals surface area contributed by atoms with Crippen LogP contribution in [0, 0.1) is 0 Å². The third-order valence-corrected chi connectivity index (χ3v) is 5.45. The Morgan fingerprint density at radius 2 is 1.78 bits per heavy atom. The van der Waals surface area contributed by atoms with E-state index in [-0.39, 0.29) is 17.9 Å². The molecule has 0 aliphatic carbocycles. The van der Waals surface area contributed by atoms with E-state index in [0.717, 1.165) is 38.9 Å². The summed E-state index contributed by atoms with van der Waals surface area (Å²) in [5, 5.41) is 2.90. The lowest BCUT2D eigenvalue weighted by molar-refractivity contribution is -0.140. The number of hydrogen-bond donors (Lipinski definition) is 1. The number of carbonyl (C=O) groups is 3. The summed E-state index contributed by atoms with van der Waals surface area (Å²) in [5.41, 5.74) is 0. The number of piperazine rings is 1. The minimum atomic E-state index is -0.217. The summed E-state index contributed by atoms with van der Waals surface area (Å²) in [7, 11) is 1.38. The first-order valence-corrected chi connectivity index (χ1v) is 10.1. The molecule has 0 radical (unpaired) electrons. The lowest BCUT2D eigenvalue weighted by Crippen LogP contribution is -2.54. The Kier molecular flexibility index (Phi) is 8.84. The number of hydrogen-bond acceptors (Lipinski definition) is 5. The van der Waals surface area contributed by atoms with E-state index in [1.165, 1.54) is 13.5 Å². The maximum Gasteiger partial charge on any atom is 0.317 e. The van der Waals surface area contributed by atoms with Gasteiger partial charge >= 0.3 is 12.0 Å². The lowest BCUT2D eigenvalue weighted by atomic mass is 10.0. The Bertz CT molecular complexity index is 506. The molecule has 0 bridgehead atoms. The molecule has 2 heterocycles. The van der Waals surface area contributed by atoms with Crippen molar-refractivity contribution >= 4 is 17.9 Å². The molecule has 1 N–H and O–H groups in total. The van der Waals surface area contributed by atoms with Crippen molar-refractivity contribution < 1.29 is 19.1 Å². The summed E-state index contributed by atoms with van der Waals surface area (Å²) in [6, 6.07) is 0.279. The first-order chi connectivity index (χ1) is 13.0. The number of esters is 1. The van der Waals surface area contributed by atoms with Crippen LogP contribution >= 0.6 is 0 Å². The number of methoxy groups -OCH3 is 1. The highest BCUT2D eigenvalue weighted by molar-refractivity contribution is 5.79. The second kappa shape index (κ2) is 11.1. The first kappa shape index (κ1) is 21.5. The van der Waals surface area contributed by atoms with E-state index in [1.807, 2.05) is 4.90 Å². The van der Waals surface area contributed by atoms with Crippen molar-refractivity contribution in [3.8, 4) is 0 Å². The number of carbonyl (C=O) groups excluding carboxylic acids is 3. The molecule has 0 aromatic heterocycles. The number of urea groups is 1. The van der Waals surface area contributed by atoms with Crippen LogP contribution in [0.15, 0.2) is 0 Å². The van der Waals surface area contributed by atoms with Gasteiger partial charge < -0.3 is 19.9 Å². The van der Waals surface area contributed by atoms with Gasteiger partial charge in [-0.1, -0.05) is 0 Å². The molecule has 3 amide bonds. The summed E-state index contributed by atoms with van der Waals surface area (Å²) >= 11 is 0. The third-order valence-electron chi connectivity index (χ3n) is 5.45. The molecule has 2 aliphatic heterocycles. The highest BCUT2D eigenvalue weighted by atomic mass is 16.5. The van der Waals surface area contributed by atoms with Crippen LogP contribution in [-0.2, 0) is 14.3 Å². The molecule has 1 atom stereocenters. The van der Waals surface area contributed by atoms with Gasteiger partial charge in [0, 0.05) is 51.7 Å². The fourth-order valence-corrected chi connectivity index (χ4v) is 3.66. The molecule has 0 spiro atoms. The number of piperidine rings is 1. The molecule has 8 heteroatoms. The Hall–Kier alpha value is -1.83. The number of unbranched alkanes of at least 4 members (excludes halogenated alkanes) is 1. The number of amides is 3. The van der Waals surface area contributed by atoms with Gasteiger partial charge in [-0.2, -0.15) is 0 Å². The zero-order valence-corrected chi connectivity index (χ0v) is 16.7. The van der Waals surface area contributed by atoms with Crippen molar-refractivity contribution in [2.45, 2.75) is 51.5 Å². The van der Waals surface area contributed by atoms with Gasteiger partial charge in [0.05, 0.1) is 13.7 Å². The molecule has 1 unspecified atom stereocenters. The van der Waals surface area contributed by atoms with Crippen LogP contribution in [0.2, 0.25) is 0 Å². The summed E-state index contributed by atoms with van der Waals surface area (Å²) in [4.78, 5) is 41.7. The first-order valence-electron chi connectivity index (χ1n) is 10.1. The second-order valence-corrected chi connectivity index (χ2v) is 7.46. The van der Waals surface area contributed by atoms with Crippen LogP contribution in [0.5, 0.6) is 0 Å². The van der Waals surface area contributed by atoms with Gasteiger partial charge in [0.2, 0.25) is 5.91 Å². The molecule has 154 valence electrons. The van der Waals surface area contributed by atoms with E-state index >= 15 is 0 Å². The Morgan fingerprint density at radius 1 is 1.04 bits per heavy atom. The summed E-state index contributed by atoms with van der Waals surface area (Å²) in [5.74, 6) is -0.00310. The van der Waals surface area contributed by atoms with Crippen molar-refractivity contribution in [2.24, 2.45) is 0 Å². The van der Waals surface area contributed by atoms with Gasteiger partial charge in [-0.3, -0.25) is 14.5 Å². The average Bonchev–Trinajstić information content (AvgIpc) is 2.68. The maximum absolute atomic E-state index is 12.5. The minimum absolute atomic E-state index is 0.0660. The normalized spacial score (nSPS) is 21.0. The van der Waals surface area contributed by atoms with Crippen LogP contribution in [0.25, 0.3) is 0 Å². The number of ether oxygens (including phenoxy) is 1. The van der Waals surface area contributed by atoms with Gasteiger partial charge in [0.1, 0.15) is 0 Å². The zero-order valence-electron chi connectivity index (χ0n) is 16.7. The molecule has 27 heavy (non-hydrogen) atoms. The van der Waals surface area contributed by atoms with Crippen LogP contribution in [0.3, 0.4) is 0 Å². The molecular weight excluding hydrogens is 348 g/mol. The Labute approximate surface area is 162 Å².